The predicted molar refractivity (Wildman–Crippen MR) is 85.0 cm³/mol. The molecule has 2 nitrogen and oxygen atoms in total. The average molecular weight is 284 g/mol. The van der Waals surface area contributed by atoms with E-state index in [0.29, 0.717) is 0 Å². The molecule has 110 valence electrons. The number of nitrogens with one attached hydrogen (secondary N) is 1. The van der Waals surface area contributed by atoms with E-state index in [1.165, 1.54) is 41.8 Å². The summed E-state index contributed by atoms with van der Waals surface area (Å²) in [5.74, 6) is -0.183. The van der Waals surface area contributed by atoms with Gasteiger partial charge >= 0.3 is 0 Å². The summed E-state index contributed by atoms with van der Waals surface area (Å²) >= 11 is 0. The van der Waals surface area contributed by atoms with E-state index in [9.17, 15) is 4.39 Å². The predicted octanol–water partition coefficient (Wildman–Crippen LogP) is 3.50. The Bertz CT molecular complexity index is 607. The molecule has 0 saturated heterocycles. The lowest BCUT2D eigenvalue weighted by molar-refractivity contribution is 0.625. The van der Waals surface area contributed by atoms with Gasteiger partial charge in [-0.05, 0) is 47.7 Å². The van der Waals surface area contributed by atoms with Crippen molar-refractivity contribution in [1.82, 2.24) is 5.32 Å². The van der Waals surface area contributed by atoms with Crippen molar-refractivity contribution in [1.29, 1.82) is 0 Å². The molecular formula is C18H21FN2. The van der Waals surface area contributed by atoms with E-state index >= 15 is 0 Å². The first-order valence-corrected chi connectivity index (χ1v) is 7.50. The second kappa shape index (κ2) is 6.27. The highest BCUT2D eigenvalue weighted by atomic mass is 19.1. The number of rotatable bonds is 4. The molecule has 2 aromatic rings. The molecule has 1 aliphatic rings. The lowest BCUT2D eigenvalue weighted by Gasteiger charge is -2.27. The first kappa shape index (κ1) is 14.1. The molecule has 1 heterocycles. The van der Waals surface area contributed by atoms with Crippen LogP contribution in [0.4, 0.5) is 10.1 Å². The van der Waals surface area contributed by atoms with Crippen LogP contribution < -0.4 is 10.2 Å². The quantitative estimate of drug-likeness (QED) is 0.924. The van der Waals surface area contributed by atoms with Crippen molar-refractivity contribution in [2.45, 2.75) is 25.9 Å². The van der Waals surface area contributed by atoms with E-state index in [1.54, 1.807) is 0 Å². The third kappa shape index (κ3) is 3.42. The second-order valence-corrected chi connectivity index (χ2v) is 5.72. The van der Waals surface area contributed by atoms with Gasteiger partial charge in [0.15, 0.2) is 0 Å². The molecule has 1 aliphatic heterocycles. The molecule has 0 fully saturated rings. The van der Waals surface area contributed by atoms with Crippen molar-refractivity contribution < 1.29 is 4.39 Å². The first-order chi connectivity index (χ1) is 10.2. The van der Waals surface area contributed by atoms with Crippen LogP contribution in [0.1, 0.15) is 23.1 Å². The Morgan fingerprint density at radius 3 is 2.57 bits per heavy atom. The van der Waals surface area contributed by atoms with E-state index in [-0.39, 0.29) is 5.82 Å². The largest absolute Gasteiger partial charge is 0.374 e. The molecule has 0 spiro atoms. The molecule has 0 radical (unpaired) electrons. The summed E-state index contributed by atoms with van der Waals surface area (Å²) in [7, 11) is 2.16. The van der Waals surface area contributed by atoms with Crippen LogP contribution in [-0.4, -0.2) is 13.6 Å². The van der Waals surface area contributed by atoms with Crippen molar-refractivity contribution in [3.8, 4) is 0 Å². The highest BCUT2D eigenvalue weighted by Crippen LogP contribution is 2.26. The lowest BCUT2D eigenvalue weighted by atomic mass is 9.99. The molecule has 2 aromatic carbocycles. The zero-order valence-electron chi connectivity index (χ0n) is 12.4. The Balaban J connectivity index is 1.59. The number of anilines is 1. The van der Waals surface area contributed by atoms with Gasteiger partial charge < -0.3 is 10.2 Å². The zero-order valence-corrected chi connectivity index (χ0v) is 12.4. The summed E-state index contributed by atoms with van der Waals surface area (Å²) in [6.45, 7) is 2.75. The molecule has 0 saturated carbocycles. The maximum absolute atomic E-state index is 12.8. The Labute approximate surface area is 125 Å². The van der Waals surface area contributed by atoms with Crippen LogP contribution in [0.3, 0.4) is 0 Å². The molecular weight excluding hydrogens is 263 g/mol. The fraction of sp³-hybridized carbons (Fsp3) is 0.333. The van der Waals surface area contributed by atoms with Crippen molar-refractivity contribution in [2.75, 3.05) is 18.5 Å². The number of fused-ring (bicyclic) bond motifs is 1. The summed E-state index contributed by atoms with van der Waals surface area (Å²) in [6, 6.07) is 13.4. The van der Waals surface area contributed by atoms with Crippen LogP contribution in [-0.2, 0) is 19.5 Å². The number of halogens is 1. The summed E-state index contributed by atoms with van der Waals surface area (Å²) in [4.78, 5) is 2.33. The number of aryl methyl sites for hydroxylation is 1. The summed E-state index contributed by atoms with van der Waals surface area (Å²) in [5.41, 5.74) is 5.23. The van der Waals surface area contributed by atoms with Gasteiger partial charge in [-0.25, -0.2) is 4.39 Å². The SMILES string of the molecule is CN1CCCc2cc(CNCc3ccc(F)cc3)ccc21. The first-order valence-electron chi connectivity index (χ1n) is 7.50. The summed E-state index contributed by atoms with van der Waals surface area (Å²) < 4.78 is 12.8. The Hall–Kier alpha value is -1.87. The fourth-order valence-electron chi connectivity index (χ4n) is 2.90. The van der Waals surface area contributed by atoms with Crippen LogP contribution in [0.25, 0.3) is 0 Å². The molecule has 21 heavy (non-hydrogen) atoms. The van der Waals surface area contributed by atoms with Crippen LogP contribution in [0.5, 0.6) is 0 Å². The Morgan fingerprint density at radius 1 is 1.05 bits per heavy atom. The fourth-order valence-corrected chi connectivity index (χ4v) is 2.90. The van der Waals surface area contributed by atoms with Crippen LogP contribution in [0, 0.1) is 5.82 Å². The number of nitrogens with zero attached hydrogens (tertiary/aromatic N) is 1. The molecule has 0 aromatic heterocycles. The van der Waals surface area contributed by atoms with E-state index < -0.39 is 0 Å². The monoisotopic (exact) mass is 284 g/mol. The van der Waals surface area contributed by atoms with Crippen LogP contribution >= 0.6 is 0 Å². The topological polar surface area (TPSA) is 15.3 Å². The Kier molecular flexibility index (Phi) is 4.20. The lowest BCUT2D eigenvalue weighted by Crippen LogP contribution is -2.24. The minimum Gasteiger partial charge on any atom is -0.374 e. The van der Waals surface area contributed by atoms with Crippen molar-refractivity contribution in [3.05, 3.63) is 65.0 Å². The maximum atomic E-state index is 12.8. The zero-order chi connectivity index (χ0) is 14.7. The maximum Gasteiger partial charge on any atom is 0.123 e. The highest BCUT2D eigenvalue weighted by Gasteiger charge is 2.13. The second-order valence-electron chi connectivity index (χ2n) is 5.72. The minimum atomic E-state index is -0.183. The van der Waals surface area contributed by atoms with Crippen molar-refractivity contribution >= 4 is 5.69 Å². The highest BCUT2D eigenvalue weighted by molar-refractivity contribution is 5.56. The standard InChI is InChI=1S/C18H21FN2/c1-21-10-2-3-16-11-15(6-9-18(16)21)13-20-12-14-4-7-17(19)8-5-14/h4-9,11,20H,2-3,10,12-13H2,1H3. The van der Waals surface area contributed by atoms with E-state index in [4.69, 9.17) is 0 Å². The van der Waals surface area contributed by atoms with Gasteiger partial charge in [-0.3, -0.25) is 0 Å². The van der Waals surface area contributed by atoms with E-state index in [2.05, 4.69) is 35.5 Å². The smallest absolute Gasteiger partial charge is 0.123 e. The van der Waals surface area contributed by atoms with E-state index in [1.807, 2.05) is 12.1 Å². The van der Waals surface area contributed by atoms with Gasteiger partial charge in [0.2, 0.25) is 0 Å². The van der Waals surface area contributed by atoms with Gasteiger partial charge in [0.1, 0.15) is 5.82 Å². The minimum absolute atomic E-state index is 0.183. The summed E-state index contributed by atoms with van der Waals surface area (Å²) in [6.07, 6.45) is 2.40. The number of hydrogen-bond donors (Lipinski definition) is 1. The van der Waals surface area contributed by atoms with Crippen molar-refractivity contribution in [2.24, 2.45) is 0 Å². The van der Waals surface area contributed by atoms with Gasteiger partial charge in [-0.15, -0.1) is 0 Å². The van der Waals surface area contributed by atoms with Crippen LogP contribution in [0.2, 0.25) is 0 Å². The molecule has 0 atom stereocenters. The Morgan fingerprint density at radius 2 is 1.76 bits per heavy atom. The molecule has 3 rings (SSSR count). The third-order valence-electron chi connectivity index (χ3n) is 4.07. The number of benzene rings is 2. The van der Waals surface area contributed by atoms with Crippen LogP contribution in [0.15, 0.2) is 42.5 Å². The molecule has 0 aliphatic carbocycles. The van der Waals surface area contributed by atoms with Gasteiger partial charge in [0, 0.05) is 32.4 Å². The normalized spacial score (nSPS) is 14.1. The molecule has 0 amide bonds. The average Bonchev–Trinajstić information content (AvgIpc) is 2.49. The van der Waals surface area contributed by atoms with Gasteiger partial charge in [-0.2, -0.15) is 0 Å². The van der Waals surface area contributed by atoms with Gasteiger partial charge in [0.25, 0.3) is 0 Å². The van der Waals surface area contributed by atoms with Gasteiger partial charge in [0.05, 0.1) is 0 Å². The van der Waals surface area contributed by atoms with E-state index in [0.717, 1.165) is 25.2 Å². The molecule has 0 unspecified atom stereocenters. The van der Waals surface area contributed by atoms with Gasteiger partial charge in [-0.1, -0.05) is 24.3 Å². The molecule has 3 heteroatoms. The number of hydrogen-bond acceptors (Lipinski definition) is 2. The molecule has 1 N–H and O–H groups in total. The van der Waals surface area contributed by atoms with Crippen molar-refractivity contribution in [3.63, 3.8) is 0 Å². The third-order valence-corrected chi connectivity index (χ3v) is 4.07. The summed E-state index contributed by atoms with van der Waals surface area (Å²) in [5, 5.41) is 3.42. The molecule has 0 bridgehead atoms.